The van der Waals surface area contributed by atoms with Crippen molar-refractivity contribution in [3.63, 3.8) is 0 Å². The van der Waals surface area contributed by atoms with E-state index >= 15 is 0 Å². The number of amides is 1. The van der Waals surface area contributed by atoms with E-state index in [0.717, 1.165) is 6.54 Å². The first kappa shape index (κ1) is 15.9. The van der Waals surface area contributed by atoms with Gasteiger partial charge < -0.3 is 9.80 Å². The number of nitrogens with zero attached hydrogens (tertiary/aromatic N) is 4. The highest BCUT2D eigenvalue weighted by Gasteiger charge is 2.22. The average molecular weight is 285 g/mol. The summed E-state index contributed by atoms with van der Waals surface area (Å²) in [5.74, 6) is -0.107. The summed E-state index contributed by atoms with van der Waals surface area (Å²) in [5, 5.41) is 0.111. The van der Waals surface area contributed by atoms with Gasteiger partial charge in [0, 0.05) is 24.8 Å². The van der Waals surface area contributed by atoms with Crippen molar-refractivity contribution < 1.29 is 4.79 Å². The lowest BCUT2D eigenvalue weighted by atomic mass is 10.2. The van der Waals surface area contributed by atoms with Crippen LogP contribution in [-0.4, -0.2) is 58.9 Å². The molecule has 0 saturated heterocycles. The van der Waals surface area contributed by atoms with E-state index < -0.39 is 0 Å². The summed E-state index contributed by atoms with van der Waals surface area (Å²) >= 11 is 5.80. The summed E-state index contributed by atoms with van der Waals surface area (Å²) < 4.78 is 0. The first-order chi connectivity index (χ1) is 8.85. The summed E-state index contributed by atoms with van der Waals surface area (Å²) in [6.07, 6.45) is 0. The van der Waals surface area contributed by atoms with Gasteiger partial charge in [-0.15, -0.1) is 0 Å². The molecule has 19 heavy (non-hydrogen) atoms. The van der Waals surface area contributed by atoms with Crippen LogP contribution in [0.4, 0.5) is 0 Å². The van der Waals surface area contributed by atoms with Gasteiger partial charge in [-0.2, -0.15) is 0 Å². The van der Waals surface area contributed by atoms with Crippen LogP contribution in [0.25, 0.3) is 0 Å². The van der Waals surface area contributed by atoms with E-state index in [9.17, 15) is 4.79 Å². The summed E-state index contributed by atoms with van der Waals surface area (Å²) in [7, 11) is 3.97. The second-order valence-electron chi connectivity index (χ2n) is 4.87. The lowest BCUT2D eigenvalue weighted by Gasteiger charge is -2.29. The van der Waals surface area contributed by atoms with E-state index in [0.29, 0.717) is 17.9 Å². The summed E-state index contributed by atoms with van der Waals surface area (Å²) in [5.41, 5.74) is 1.05. The largest absolute Gasteiger partial charge is 0.334 e. The maximum Gasteiger partial charge on any atom is 0.272 e. The predicted octanol–water partition coefficient (Wildman–Crippen LogP) is 1.85. The number of hydrogen-bond donors (Lipinski definition) is 0. The number of aromatic nitrogens is 2. The highest BCUT2D eigenvalue weighted by Crippen LogP contribution is 2.11. The third-order valence-corrected chi connectivity index (χ3v) is 2.98. The molecule has 0 aliphatic rings. The number of likely N-dealkylation sites (N-methyl/N-ethyl adjacent to an activating group) is 2. The van der Waals surface area contributed by atoms with E-state index in [1.54, 1.807) is 17.9 Å². The Bertz CT molecular complexity index is 430. The van der Waals surface area contributed by atoms with Gasteiger partial charge in [0.15, 0.2) is 0 Å². The molecule has 0 spiro atoms. The van der Waals surface area contributed by atoms with Gasteiger partial charge in [-0.1, -0.05) is 0 Å². The van der Waals surface area contributed by atoms with Gasteiger partial charge in [0.25, 0.3) is 5.91 Å². The van der Waals surface area contributed by atoms with Crippen molar-refractivity contribution in [2.45, 2.75) is 26.8 Å². The van der Waals surface area contributed by atoms with Gasteiger partial charge in [0.05, 0.1) is 0 Å². The van der Waals surface area contributed by atoms with Crippen LogP contribution in [0.3, 0.4) is 0 Å². The van der Waals surface area contributed by atoms with Crippen LogP contribution < -0.4 is 0 Å². The van der Waals surface area contributed by atoms with Crippen LogP contribution in [0.15, 0.2) is 6.07 Å². The molecule has 106 valence electrons. The van der Waals surface area contributed by atoms with Gasteiger partial charge in [0.2, 0.25) is 5.28 Å². The summed E-state index contributed by atoms with van der Waals surface area (Å²) in [6.45, 7) is 7.21. The number of carbonyl (C=O) groups excluding carboxylic acids is 1. The number of carbonyl (C=O) groups is 1. The quantitative estimate of drug-likeness (QED) is 0.775. The van der Waals surface area contributed by atoms with Crippen molar-refractivity contribution >= 4 is 17.5 Å². The molecule has 0 aliphatic heterocycles. The van der Waals surface area contributed by atoms with Gasteiger partial charge in [-0.05, 0) is 52.5 Å². The Morgan fingerprint density at radius 3 is 2.53 bits per heavy atom. The van der Waals surface area contributed by atoms with Crippen LogP contribution in [0, 0.1) is 6.92 Å². The molecule has 1 rings (SSSR count). The van der Waals surface area contributed by atoms with Crippen LogP contribution in [0.2, 0.25) is 5.28 Å². The Hall–Kier alpha value is -1.20. The number of hydrogen-bond acceptors (Lipinski definition) is 4. The maximum absolute atomic E-state index is 12.5. The Kier molecular flexibility index (Phi) is 5.69. The van der Waals surface area contributed by atoms with Crippen molar-refractivity contribution in [3.8, 4) is 0 Å². The molecule has 1 aromatic rings. The molecule has 1 unspecified atom stereocenters. The molecule has 5 nitrogen and oxygen atoms in total. The zero-order chi connectivity index (χ0) is 14.6. The van der Waals surface area contributed by atoms with E-state index in [2.05, 4.69) is 14.9 Å². The fourth-order valence-electron chi connectivity index (χ4n) is 2.07. The van der Waals surface area contributed by atoms with E-state index in [1.807, 2.05) is 27.9 Å². The standard InChI is InChI=1S/C13H21ClN4O/c1-6-18(10(3)8-17(4)5)12(19)11-7-9(2)15-13(14)16-11/h7,10H,6,8H2,1-5H3. The van der Waals surface area contributed by atoms with E-state index in [-0.39, 0.29) is 17.2 Å². The molecule has 0 fully saturated rings. The molecule has 1 aromatic heterocycles. The number of aryl methyl sites for hydroxylation is 1. The minimum Gasteiger partial charge on any atom is -0.334 e. The SMILES string of the molecule is CCN(C(=O)c1cc(C)nc(Cl)n1)C(C)CN(C)C. The molecule has 0 aromatic carbocycles. The zero-order valence-corrected chi connectivity index (χ0v) is 12.9. The van der Waals surface area contributed by atoms with Crippen LogP contribution in [0.1, 0.15) is 30.0 Å². The minimum absolute atomic E-state index is 0.107. The second-order valence-corrected chi connectivity index (χ2v) is 5.20. The fraction of sp³-hybridized carbons (Fsp3) is 0.615. The molecule has 1 amide bonds. The first-order valence-corrected chi connectivity index (χ1v) is 6.69. The smallest absolute Gasteiger partial charge is 0.272 e. The Morgan fingerprint density at radius 1 is 1.42 bits per heavy atom. The number of halogens is 1. The lowest BCUT2D eigenvalue weighted by Crippen LogP contribution is -2.44. The van der Waals surface area contributed by atoms with Crippen molar-refractivity contribution in [2.24, 2.45) is 0 Å². The molecule has 0 bridgehead atoms. The van der Waals surface area contributed by atoms with Gasteiger partial charge in [0.1, 0.15) is 5.69 Å². The monoisotopic (exact) mass is 284 g/mol. The van der Waals surface area contributed by atoms with Crippen molar-refractivity contribution in [3.05, 3.63) is 22.7 Å². The van der Waals surface area contributed by atoms with Gasteiger partial charge in [-0.3, -0.25) is 4.79 Å². The van der Waals surface area contributed by atoms with Crippen molar-refractivity contribution in [1.82, 2.24) is 19.8 Å². The molecule has 6 heteroatoms. The van der Waals surface area contributed by atoms with E-state index in [1.165, 1.54) is 0 Å². The highest BCUT2D eigenvalue weighted by molar-refractivity contribution is 6.28. The molecule has 1 heterocycles. The molecule has 0 aliphatic carbocycles. The fourth-order valence-corrected chi connectivity index (χ4v) is 2.30. The summed E-state index contributed by atoms with van der Waals surface area (Å²) in [6, 6.07) is 1.78. The van der Waals surface area contributed by atoms with Gasteiger partial charge >= 0.3 is 0 Å². The molecule has 0 N–H and O–H groups in total. The summed E-state index contributed by atoms with van der Waals surface area (Å²) in [4.78, 5) is 24.3. The van der Waals surface area contributed by atoms with Crippen LogP contribution in [-0.2, 0) is 0 Å². The second kappa shape index (κ2) is 6.82. The third-order valence-electron chi connectivity index (χ3n) is 2.81. The Morgan fingerprint density at radius 2 is 2.05 bits per heavy atom. The predicted molar refractivity (Wildman–Crippen MR) is 76.5 cm³/mol. The number of rotatable bonds is 5. The van der Waals surface area contributed by atoms with Crippen molar-refractivity contribution in [2.75, 3.05) is 27.2 Å². The Labute approximate surface area is 119 Å². The van der Waals surface area contributed by atoms with Crippen LogP contribution >= 0.6 is 11.6 Å². The normalized spacial score (nSPS) is 12.6. The lowest BCUT2D eigenvalue weighted by molar-refractivity contribution is 0.0672. The third kappa shape index (κ3) is 4.44. The molecule has 1 atom stereocenters. The molecule has 0 radical (unpaired) electrons. The maximum atomic E-state index is 12.5. The molecular weight excluding hydrogens is 264 g/mol. The molecule has 0 saturated carbocycles. The van der Waals surface area contributed by atoms with Crippen molar-refractivity contribution in [1.29, 1.82) is 0 Å². The Balaban J connectivity index is 2.94. The topological polar surface area (TPSA) is 49.3 Å². The first-order valence-electron chi connectivity index (χ1n) is 6.32. The highest BCUT2D eigenvalue weighted by atomic mass is 35.5. The average Bonchev–Trinajstić information content (AvgIpc) is 2.27. The molecular formula is C13H21ClN4O. The minimum atomic E-state index is -0.107. The van der Waals surface area contributed by atoms with Gasteiger partial charge in [-0.25, -0.2) is 9.97 Å². The van der Waals surface area contributed by atoms with Crippen LogP contribution in [0.5, 0.6) is 0 Å². The van der Waals surface area contributed by atoms with E-state index in [4.69, 9.17) is 11.6 Å². The zero-order valence-electron chi connectivity index (χ0n) is 12.1.